The summed E-state index contributed by atoms with van der Waals surface area (Å²) in [5.74, 6) is 1.73. The van der Waals surface area contributed by atoms with Gasteiger partial charge in [0.05, 0.1) is 5.56 Å². The highest BCUT2D eigenvalue weighted by molar-refractivity contribution is 9.10. The second-order valence-corrected chi connectivity index (χ2v) is 11.4. The van der Waals surface area contributed by atoms with E-state index in [1.807, 2.05) is 79.0 Å². The Balaban J connectivity index is 1.28. The van der Waals surface area contributed by atoms with Gasteiger partial charge in [0.2, 0.25) is 0 Å². The Kier molecular flexibility index (Phi) is 6.54. The van der Waals surface area contributed by atoms with Crippen LogP contribution in [0.15, 0.2) is 149 Å². The van der Waals surface area contributed by atoms with E-state index >= 15 is 0 Å². The molecule has 0 N–H and O–H groups in total. The monoisotopic (exact) mass is 630 g/mol. The first-order chi connectivity index (χ1) is 21.7. The van der Waals surface area contributed by atoms with Crippen molar-refractivity contribution in [2.75, 3.05) is 0 Å². The number of para-hydroxylation sites is 2. The number of hydrogen-bond acceptors (Lipinski definition) is 5. The maximum atomic E-state index is 6.35. The molecule has 0 spiro atoms. The number of aromatic nitrogens is 4. The number of nitrogens with zero attached hydrogens (tertiary/aromatic N) is 4. The Morgan fingerprint density at radius 1 is 0.477 bits per heavy atom. The van der Waals surface area contributed by atoms with Gasteiger partial charge < -0.3 is 4.42 Å². The maximum Gasteiger partial charge on any atom is 0.167 e. The molecule has 3 heterocycles. The van der Waals surface area contributed by atoms with Gasteiger partial charge in [-0.25, -0.2) is 15.0 Å². The van der Waals surface area contributed by atoms with Crippen molar-refractivity contribution >= 4 is 37.9 Å². The molecule has 0 amide bonds. The lowest BCUT2D eigenvalue weighted by molar-refractivity contribution is 0.669. The second-order valence-electron chi connectivity index (χ2n) is 10.5. The highest BCUT2D eigenvalue weighted by Crippen LogP contribution is 2.36. The first kappa shape index (κ1) is 26.2. The summed E-state index contributed by atoms with van der Waals surface area (Å²) in [4.78, 5) is 19.2. The molecule has 208 valence electrons. The lowest BCUT2D eigenvalue weighted by Gasteiger charge is -2.11. The molecule has 8 rings (SSSR count). The molecular weight excluding hydrogens is 608 g/mol. The number of benzene rings is 5. The van der Waals surface area contributed by atoms with Crippen LogP contribution < -0.4 is 0 Å². The summed E-state index contributed by atoms with van der Waals surface area (Å²) in [6.45, 7) is 0. The van der Waals surface area contributed by atoms with Gasteiger partial charge in [-0.1, -0.05) is 107 Å². The molecule has 3 aromatic heterocycles. The summed E-state index contributed by atoms with van der Waals surface area (Å²) in [5, 5.41) is 2.09. The average Bonchev–Trinajstić information content (AvgIpc) is 3.48. The van der Waals surface area contributed by atoms with Gasteiger partial charge in [0.15, 0.2) is 17.5 Å². The van der Waals surface area contributed by atoms with Crippen LogP contribution in [-0.4, -0.2) is 19.9 Å². The lowest BCUT2D eigenvalue weighted by atomic mass is 9.99. The van der Waals surface area contributed by atoms with Gasteiger partial charge in [-0.2, -0.15) is 0 Å². The van der Waals surface area contributed by atoms with E-state index in [-0.39, 0.29) is 0 Å². The summed E-state index contributed by atoms with van der Waals surface area (Å²) in [6, 6.07) is 43.0. The van der Waals surface area contributed by atoms with Gasteiger partial charge in [-0.05, 0) is 58.7 Å². The molecule has 0 aliphatic rings. The van der Waals surface area contributed by atoms with Gasteiger partial charge in [-0.15, -0.1) is 0 Å². The molecule has 6 heteroatoms. The minimum atomic E-state index is 0.556. The SMILES string of the molecule is Brc1cc(-c2ccc(-c3cccnc3)cc2)cc(-c2nc(-c3ccccc3)nc(-c3cccc4c3oc3ccccc34)n2)c1. The van der Waals surface area contributed by atoms with Crippen LogP contribution in [0.1, 0.15) is 0 Å². The smallest absolute Gasteiger partial charge is 0.167 e. The molecule has 8 aromatic rings. The van der Waals surface area contributed by atoms with Crippen molar-refractivity contribution in [3.05, 3.63) is 144 Å². The number of pyridine rings is 1. The van der Waals surface area contributed by atoms with Gasteiger partial charge in [0.1, 0.15) is 11.2 Å². The van der Waals surface area contributed by atoms with Gasteiger partial charge >= 0.3 is 0 Å². The zero-order chi connectivity index (χ0) is 29.5. The first-order valence-corrected chi connectivity index (χ1v) is 15.0. The standard InChI is InChI=1S/C38H23BrN4O/c39-30-21-28(25-17-15-24(16-18-25)27-10-7-19-40-23-27)20-29(22-30)37-41-36(26-8-2-1-3-9-26)42-38(43-37)33-13-6-12-32-31-11-4-5-14-34(31)44-35(32)33/h1-23H. The summed E-state index contributed by atoms with van der Waals surface area (Å²) >= 11 is 3.74. The Bertz CT molecular complexity index is 2280. The largest absolute Gasteiger partial charge is 0.455 e. The van der Waals surface area contributed by atoms with Crippen molar-refractivity contribution in [1.29, 1.82) is 0 Å². The molecule has 0 atom stereocenters. The highest BCUT2D eigenvalue weighted by atomic mass is 79.9. The van der Waals surface area contributed by atoms with E-state index < -0.39 is 0 Å². The highest BCUT2D eigenvalue weighted by Gasteiger charge is 2.18. The molecule has 0 saturated heterocycles. The van der Waals surface area contributed by atoms with E-state index in [9.17, 15) is 0 Å². The fourth-order valence-corrected chi connectivity index (χ4v) is 6.03. The molecule has 0 aliphatic carbocycles. The number of fused-ring (bicyclic) bond motifs is 3. The summed E-state index contributed by atoms with van der Waals surface area (Å²) in [7, 11) is 0. The van der Waals surface area contributed by atoms with Crippen LogP contribution in [0.2, 0.25) is 0 Å². The molecule has 0 fully saturated rings. The van der Waals surface area contributed by atoms with Crippen molar-refractivity contribution < 1.29 is 4.42 Å². The molecule has 5 nitrogen and oxygen atoms in total. The van der Waals surface area contributed by atoms with Gasteiger partial charge in [0, 0.05) is 38.8 Å². The van der Waals surface area contributed by atoms with E-state index in [1.165, 1.54) is 0 Å². The van der Waals surface area contributed by atoms with Crippen molar-refractivity contribution in [2.45, 2.75) is 0 Å². The van der Waals surface area contributed by atoms with Crippen LogP contribution in [0.25, 0.3) is 78.4 Å². The molecular formula is C38H23BrN4O. The topological polar surface area (TPSA) is 64.7 Å². The Hall–Kier alpha value is -5.46. The number of halogens is 1. The van der Waals surface area contributed by atoms with E-state index in [2.05, 4.69) is 75.5 Å². The van der Waals surface area contributed by atoms with E-state index in [1.54, 1.807) is 6.20 Å². The van der Waals surface area contributed by atoms with E-state index in [0.29, 0.717) is 17.5 Å². The third-order valence-electron chi connectivity index (χ3n) is 7.68. The fourth-order valence-electron chi connectivity index (χ4n) is 5.54. The molecule has 0 saturated carbocycles. The normalized spacial score (nSPS) is 11.3. The molecule has 0 aliphatic heterocycles. The zero-order valence-electron chi connectivity index (χ0n) is 23.4. The minimum Gasteiger partial charge on any atom is -0.455 e. The maximum absolute atomic E-state index is 6.35. The Morgan fingerprint density at radius 3 is 1.93 bits per heavy atom. The number of rotatable bonds is 5. The van der Waals surface area contributed by atoms with Gasteiger partial charge in [0.25, 0.3) is 0 Å². The molecule has 44 heavy (non-hydrogen) atoms. The number of hydrogen-bond donors (Lipinski definition) is 0. The Labute approximate surface area is 262 Å². The predicted molar refractivity (Wildman–Crippen MR) is 180 cm³/mol. The average molecular weight is 632 g/mol. The zero-order valence-corrected chi connectivity index (χ0v) is 24.9. The van der Waals surface area contributed by atoms with Crippen LogP contribution in [0.3, 0.4) is 0 Å². The molecule has 0 bridgehead atoms. The molecule has 5 aromatic carbocycles. The third-order valence-corrected chi connectivity index (χ3v) is 8.14. The summed E-state index contributed by atoms with van der Waals surface area (Å²) < 4.78 is 7.29. The van der Waals surface area contributed by atoms with Crippen molar-refractivity contribution in [1.82, 2.24) is 19.9 Å². The Morgan fingerprint density at radius 2 is 1.14 bits per heavy atom. The van der Waals surface area contributed by atoms with Crippen LogP contribution in [0, 0.1) is 0 Å². The van der Waals surface area contributed by atoms with Crippen molar-refractivity contribution in [3.8, 4) is 56.4 Å². The van der Waals surface area contributed by atoms with Gasteiger partial charge in [-0.3, -0.25) is 4.98 Å². The minimum absolute atomic E-state index is 0.556. The van der Waals surface area contributed by atoms with Crippen molar-refractivity contribution in [3.63, 3.8) is 0 Å². The van der Waals surface area contributed by atoms with E-state index in [0.717, 1.165) is 65.4 Å². The van der Waals surface area contributed by atoms with E-state index in [4.69, 9.17) is 19.4 Å². The lowest BCUT2D eigenvalue weighted by Crippen LogP contribution is -2.00. The predicted octanol–water partition coefficient (Wildman–Crippen LogP) is 10.3. The second kappa shape index (κ2) is 11.0. The summed E-state index contributed by atoms with van der Waals surface area (Å²) in [5.41, 5.74) is 8.54. The molecule has 0 unspecified atom stereocenters. The van der Waals surface area contributed by atoms with Crippen LogP contribution in [0.4, 0.5) is 0 Å². The molecule has 0 radical (unpaired) electrons. The first-order valence-electron chi connectivity index (χ1n) is 14.2. The van der Waals surface area contributed by atoms with Crippen LogP contribution >= 0.6 is 15.9 Å². The number of furan rings is 1. The van der Waals surface area contributed by atoms with Crippen LogP contribution in [0.5, 0.6) is 0 Å². The third kappa shape index (κ3) is 4.85. The summed E-state index contributed by atoms with van der Waals surface area (Å²) in [6.07, 6.45) is 3.66. The van der Waals surface area contributed by atoms with Crippen LogP contribution in [-0.2, 0) is 0 Å². The van der Waals surface area contributed by atoms with Crippen molar-refractivity contribution in [2.24, 2.45) is 0 Å². The quantitative estimate of drug-likeness (QED) is 0.189. The fraction of sp³-hybridized carbons (Fsp3) is 0.